The van der Waals surface area contributed by atoms with Crippen molar-refractivity contribution in [3.8, 4) is 0 Å². The molecule has 5 rings (SSSR count). The van der Waals surface area contributed by atoms with Crippen LogP contribution in [0.4, 0.5) is 23.4 Å². The number of aryl methyl sites for hydroxylation is 1. The number of hydrogen-bond acceptors (Lipinski definition) is 6. The minimum Gasteiger partial charge on any atom is -0.461 e. The van der Waals surface area contributed by atoms with Gasteiger partial charge in [0.25, 0.3) is 11.1 Å². The molecule has 1 aliphatic heterocycles. The van der Waals surface area contributed by atoms with Crippen molar-refractivity contribution >= 4 is 33.5 Å². The predicted octanol–water partition coefficient (Wildman–Crippen LogP) is 3.66. The molecule has 200 valence electrons. The van der Waals surface area contributed by atoms with Crippen molar-refractivity contribution in [2.75, 3.05) is 18.4 Å². The van der Waals surface area contributed by atoms with E-state index in [1.54, 1.807) is 25.1 Å². The number of nitrogens with zero attached hydrogens (tertiary/aromatic N) is 4. The second-order valence-corrected chi connectivity index (χ2v) is 9.48. The quantitative estimate of drug-likeness (QED) is 0.402. The van der Waals surface area contributed by atoms with E-state index in [1.807, 2.05) is 0 Å². The molecule has 1 saturated heterocycles. The van der Waals surface area contributed by atoms with Gasteiger partial charge in [-0.05, 0) is 19.4 Å². The molecule has 38 heavy (non-hydrogen) atoms. The number of halogens is 4. The van der Waals surface area contributed by atoms with Crippen LogP contribution in [0.1, 0.15) is 31.9 Å². The highest BCUT2D eigenvalue weighted by molar-refractivity contribution is 5.91. The lowest BCUT2D eigenvalue weighted by molar-refractivity contribution is -0.211. The maximum Gasteiger partial charge on any atom is 0.413 e. The Bertz CT molecular complexity index is 1710. The number of alkyl halides is 3. The Kier molecular flexibility index (Phi) is 5.84. The lowest BCUT2D eigenvalue weighted by Crippen LogP contribution is -2.54. The number of para-hydroxylation sites is 1. The summed E-state index contributed by atoms with van der Waals surface area (Å²) in [4.78, 5) is 38.7. The van der Waals surface area contributed by atoms with Crippen molar-refractivity contribution in [2.45, 2.75) is 38.0 Å². The molecule has 13 heteroatoms. The Labute approximate surface area is 212 Å². The summed E-state index contributed by atoms with van der Waals surface area (Å²) < 4.78 is 64.5. The Morgan fingerprint density at radius 2 is 1.95 bits per heavy atom. The number of amides is 1. The van der Waals surface area contributed by atoms with Crippen LogP contribution in [0, 0.1) is 5.82 Å². The molecule has 4 aromatic rings. The first-order chi connectivity index (χ1) is 17.8. The lowest BCUT2D eigenvalue weighted by atomic mass is 9.96. The van der Waals surface area contributed by atoms with Crippen LogP contribution in [0.3, 0.4) is 0 Å². The zero-order chi connectivity index (χ0) is 27.6. The van der Waals surface area contributed by atoms with E-state index in [1.165, 1.54) is 7.05 Å². The van der Waals surface area contributed by atoms with Crippen LogP contribution in [0.25, 0.3) is 21.7 Å². The number of carbonyl (C=O) groups is 1. The van der Waals surface area contributed by atoms with Crippen LogP contribution >= 0.6 is 0 Å². The Morgan fingerprint density at radius 3 is 2.61 bits per heavy atom. The van der Waals surface area contributed by atoms with Crippen molar-refractivity contribution in [1.29, 1.82) is 0 Å². The van der Waals surface area contributed by atoms with E-state index in [9.17, 15) is 31.9 Å². The second-order valence-electron chi connectivity index (χ2n) is 9.48. The number of carbonyl (C=O) groups excluding carboxylic acids is 1. The molecule has 0 aliphatic carbocycles. The highest BCUT2D eigenvalue weighted by Crippen LogP contribution is 2.43. The van der Waals surface area contributed by atoms with Crippen LogP contribution in [0.2, 0.25) is 0 Å². The second kappa shape index (κ2) is 8.71. The molecule has 0 spiro atoms. The first-order valence-electron chi connectivity index (χ1n) is 11.7. The molecule has 1 fully saturated rings. The van der Waals surface area contributed by atoms with Crippen LogP contribution in [0.5, 0.6) is 0 Å². The summed E-state index contributed by atoms with van der Waals surface area (Å²) in [5, 5.41) is 7.39. The van der Waals surface area contributed by atoms with Gasteiger partial charge in [0.15, 0.2) is 17.2 Å². The molecule has 0 radical (unpaired) electrons. The van der Waals surface area contributed by atoms with E-state index in [2.05, 4.69) is 10.4 Å². The van der Waals surface area contributed by atoms with Crippen molar-refractivity contribution in [1.82, 2.24) is 19.2 Å². The number of anilines is 1. The molecule has 0 bridgehead atoms. The number of likely N-dealkylation sites (tertiary alicyclic amines) is 1. The number of aromatic nitrogens is 3. The molecule has 9 nitrogen and oxygen atoms in total. The maximum absolute atomic E-state index is 14.5. The molecule has 3 aromatic heterocycles. The van der Waals surface area contributed by atoms with E-state index in [0.29, 0.717) is 10.1 Å². The van der Waals surface area contributed by atoms with Gasteiger partial charge in [-0.15, -0.1) is 0 Å². The topological polar surface area (TPSA) is 102 Å². The summed E-state index contributed by atoms with van der Waals surface area (Å²) in [6.45, 7) is 1.96. The molecule has 2 atom stereocenters. The molecular weight excluding hydrogens is 510 g/mol. The SMILES string of the molecule is CC(=O)N1CC[C@](n2cc3c(N[C@H](C)c4cccc5c(F)coc45)nn(C)c(=O)c3cc2=O)(C(F)(F)F)C1. The highest BCUT2D eigenvalue weighted by atomic mass is 19.4. The van der Waals surface area contributed by atoms with Crippen molar-refractivity contribution in [3.05, 3.63) is 68.8 Å². The lowest BCUT2D eigenvalue weighted by Gasteiger charge is -2.34. The fraction of sp³-hybridized carbons (Fsp3) is 0.360. The number of pyridine rings is 1. The van der Waals surface area contributed by atoms with Gasteiger partial charge in [-0.25, -0.2) is 9.07 Å². The van der Waals surface area contributed by atoms with E-state index in [0.717, 1.165) is 35.0 Å². The highest BCUT2D eigenvalue weighted by Gasteiger charge is 2.60. The number of fused-ring (bicyclic) bond motifs is 2. The van der Waals surface area contributed by atoms with Crippen molar-refractivity contribution in [2.24, 2.45) is 7.05 Å². The minimum absolute atomic E-state index is 0.0118. The predicted molar refractivity (Wildman–Crippen MR) is 130 cm³/mol. The summed E-state index contributed by atoms with van der Waals surface area (Å²) in [5.74, 6) is -1.05. The number of benzene rings is 1. The van der Waals surface area contributed by atoms with Gasteiger partial charge in [-0.1, -0.05) is 12.1 Å². The number of furan rings is 1. The van der Waals surface area contributed by atoms with Gasteiger partial charge >= 0.3 is 6.18 Å². The van der Waals surface area contributed by atoms with E-state index < -0.39 is 53.6 Å². The van der Waals surface area contributed by atoms with Crippen LogP contribution in [-0.2, 0) is 17.4 Å². The van der Waals surface area contributed by atoms with Gasteiger partial charge in [0, 0.05) is 43.7 Å². The Balaban J connectivity index is 1.68. The Hall–Kier alpha value is -4.16. The van der Waals surface area contributed by atoms with Gasteiger partial charge in [-0.2, -0.15) is 18.3 Å². The fourth-order valence-electron chi connectivity index (χ4n) is 5.06. The molecule has 0 unspecified atom stereocenters. The maximum atomic E-state index is 14.5. The van der Waals surface area contributed by atoms with Gasteiger partial charge in [0.2, 0.25) is 5.91 Å². The summed E-state index contributed by atoms with van der Waals surface area (Å²) in [5.41, 5.74) is -3.55. The standard InChI is InChI=1S/C25H23F4N5O4/c1-13(15-5-4-6-16-19(26)11-38-21(15)16)30-22-18-10-34(20(36)9-17(18)23(37)32(3)31-22)24(25(27,28)29)7-8-33(12-24)14(2)35/h4-6,9-11,13H,7-8,12H2,1-3H3,(H,30,31)/t13-,24-/m1/s1. The molecule has 1 amide bonds. The summed E-state index contributed by atoms with van der Waals surface area (Å²) in [6, 6.07) is 5.14. The van der Waals surface area contributed by atoms with Gasteiger partial charge in [-0.3, -0.25) is 19.0 Å². The fourth-order valence-corrected chi connectivity index (χ4v) is 5.06. The van der Waals surface area contributed by atoms with Crippen molar-refractivity contribution < 1.29 is 26.8 Å². The van der Waals surface area contributed by atoms with E-state index in [-0.39, 0.29) is 34.1 Å². The number of nitrogens with one attached hydrogen (secondary N) is 1. The summed E-state index contributed by atoms with van der Waals surface area (Å²) in [7, 11) is 1.35. The average molecular weight is 533 g/mol. The first-order valence-corrected chi connectivity index (χ1v) is 11.7. The van der Waals surface area contributed by atoms with Crippen LogP contribution in [-0.4, -0.2) is 44.4 Å². The Morgan fingerprint density at radius 1 is 1.21 bits per heavy atom. The van der Waals surface area contributed by atoms with Gasteiger partial charge in [0.05, 0.1) is 23.4 Å². The molecule has 0 saturated carbocycles. The van der Waals surface area contributed by atoms with Gasteiger partial charge in [0.1, 0.15) is 11.8 Å². The first kappa shape index (κ1) is 25.5. The summed E-state index contributed by atoms with van der Waals surface area (Å²) in [6.07, 6.45) is -3.44. The largest absolute Gasteiger partial charge is 0.461 e. The zero-order valence-corrected chi connectivity index (χ0v) is 20.6. The molecule has 1 aliphatic rings. The smallest absolute Gasteiger partial charge is 0.413 e. The number of hydrogen-bond donors (Lipinski definition) is 1. The van der Waals surface area contributed by atoms with Gasteiger partial charge < -0.3 is 14.6 Å². The van der Waals surface area contributed by atoms with E-state index in [4.69, 9.17) is 4.42 Å². The average Bonchev–Trinajstić information content (AvgIpc) is 3.47. The molecule has 1 aromatic carbocycles. The monoisotopic (exact) mass is 533 g/mol. The zero-order valence-electron chi connectivity index (χ0n) is 20.6. The third-order valence-corrected chi connectivity index (χ3v) is 7.17. The molecule has 4 heterocycles. The molecular formula is C25H23F4N5O4. The third kappa shape index (κ3) is 3.84. The summed E-state index contributed by atoms with van der Waals surface area (Å²) >= 11 is 0. The normalized spacial score (nSPS) is 18.9. The molecule has 1 N–H and O–H groups in total. The third-order valence-electron chi connectivity index (χ3n) is 7.17. The van der Waals surface area contributed by atoms with E-state index >= 15 is 0 Å². The minimum atomic E-state index is -4.87. The number of rotatable bonds is 4. The van der Waals surface area contributed by atoms with Crippen molar-refractivity contribution in [3.63, 3.8) is 0 Å². The van der Waals surface area contributed by atoms with Crippen LogP contribution in [0.15, 0.2) is 50.7 Å². The van der Waals surface area contributed by atoms with Crippen LogP contribution < -0.4 is 16.4 Å².